The summed E-state index contributed by atoms with van der Waals surface area (Å²) in [7, 11) is -2.60. The Morgan fingerprint density at radius 2 is 1.42 bits per heavy atom. The smallest absolute Gasteiger partial charge is 0.261 e. The van der Waals surface area contributed by atoms with Crippen molar-refractivity contribution in [3.05, 3.63) is 96.3 Å². The zero-order valence-corrected chi connectivity index (χ0v) is 20.0. The molecule has 0 aliphatic carbocycles. The zero-order chi connectivity index (χ0) is 22.3. The maximum atomic E-state index is 13.4. The van der Waals surface area contributed by atoms with Crippen LogP contribution in [0.4, 0.5) is 4.39 Å². The monoisotopic (exact) mass is 449 g/mol. The van der Waals surface area contributed by atoms with Crippen LogP contribution in [-0.2, 0) is 4.43 Å². The molecule has 3 aromatic carbocycles. The molecule has 0 fully saturated rings. The molecular weight excluding hydrogens is 421 g/mol. The van der Waals surface area contributed by atoms with Crippen molar-refractivity contribution in [3.63, 3.8) is 0 Å². The second kappa shape index (κ2) is 10.3. The molecule has 160 valence electrons. The van der Waals surface area contributed by atoms with E-state index in [1.807, 2.05) is 12.1 Å². The van der Waals surface area contributed by atoms with Crippen molar-refractivity contribution in [1.82, 2.24) is 0 Å². The topological polar surface area (TPSA) is 33.0 Å². The number of nitriles is 1. The molecule has 0 N–H and O–H groups in total. The standard InChI is InChI=1S/C26H28FNOSSi/c1-26(2,3)31(23-10-6-4-7-11-23,24-12-8-5-9-13-24)29-19-18-25(30-20-28)21-14-16-22(27)17-15-21/h4-17,25H,18-19H2,1-3H3. The van der Waals surface area contributed by atoms with E-state index in [0.29, 0.717) is 13.0 Å². The number of benzene rings is 3. The highest BCUT2D eigenvalue weighted by Crippen LogP contribution is 2.38. The summed E-state index contributed by atoms with van der Waals surface area (Å²) in [5.41, 5.74) is 0.944. The summed E-state index contributed by atoms with van der Waals surface area (Å²) in [6.45, 7) is 7.27. The molecule has 0 saturated carbocycles. The molecule has 0 radical (unpaired) electrons. The number of hydrogen-bond donors (Lipinski definition) is 0. The van der Waals surface area contributed by atoms with Gasteiger partial charge in [0.1, 0.15) is 11.2 Å². The van der Waals surface area contributed by atoms with Crippen molar-refractivity contribution in [2.75, 3.05) is 6.61 Å². The van der Waals surface area contributed by atoms with E-state index >= 15 is 0 Å². The van der Waals surface area contributed by atoms with Crippen LogP contribution in [-0.4, -0.2) is 14.9 Å². The highest BCUT2D eigenvalue weighted by molar-refractivity contribution is 8.03. The van der Waals surface area contributed by atoms with Crippen molar-refractivity contribution in [2.45, 2.75) is 37.5 Å². The lowest BCUT2D eigenvalue weighted by Gasteiger charge is -2.43. The van der Waals surface area contributed by atoms with E-state index in [2.05, 4.69) is 74.7 Å². The van der Waals surface area contributed by atoms with E-state index in [1.54, 1.807) is 12.1 Å². The summed E-state index contributed by atoms with van der Waals surface area (Å²) >= 11 is 1.20. The van der Waals surface area contributed by atoms with Gasteiger partial charge in [-0.05, 0) is 51.3 Å². The van der Waals surface area contributed by atoms with Gasteiger partial charge in [0.25, 0.3) is 8.32 Å². The minimum Gasteiger partial charge on any atom is -0.407 e. The average Bonchev–Trinajstić information content (AvgIpc) is 2.77. The predicted molar refractivity (Wildman–Crippen MR) is 131 cm³/mol. The number of thioether (sulfide) groups is 1. The summed E-state index contributed by atoms with van der Waals surface area (Å²) < 4.78 is 20.3. The van der Waals surface area contributed by atoms with Gasteiger partial charge < -0.3 is 4.43 Å². The minimum absolute atomic E-state index is 0.0659. The molecule has 31 heavy (non-hydrogen) atoms. The molecule has 0 aliphatic heterocycles. The molecule has 0 amide bonds. The number of rotatable bonds is 8. The number of hydrogen-bond acceptors (Lipinski definition) is 3. The molecule has 0 saturated heterocycles. The van der Waals surface area contributed by atoms with E-state index < -0.39 is 8.32 Å². The van der Waals surface area contributed by atoms with Crippen LogP contribution in [0.25, 0.3) is 0 Å². The van der Waals surface area contributed by atoms with Crippen LogP contribution in [0.5, 0.6) is 0 Å². The Morgan fingerprint density at radius 3 is 1.87 bits per heavy atom. The Kier molecular flexibility index (Phi) is 7.72. The molecule has 3 aromatic rings. The molecule has 5 heteroatoms. The van der Waals surface area contributed by atoms with Crippen LogP contribution in [0.2, 0.25) is 5.04 Å². The molecule has 1 unspecified atom stereocenters. The maximum Gasteiger partial charge on any atom is 0.261 e. The summed E-state index contributed by atoms with van der Waals surface area (Å²) in [5.74, 6) is -0.270. The van der Waals surface area contributed by atoms with E-state index in [9.17, 15) is 9.65 Å². The van der Waals surface area contributed by atoms with Gasteiger partial charge in [-0.1, -0.05) is 93.6 Å². The Labute approximate surface area is 190 Å². The fraction of sp³-hybridized carbons (Fsp3) is 0.269. The lowest BCUT2D eigenvalue weighted by molar-refractivity contribution is 0.291. The van der Waals surface area contributed by atoms with Gasteiger partial charge in [0.15, 0.2) is 0 Å². The van der Waals surface area contributed by atoms with Gasteiger partial charge in [-0.15, -0.1) is 0 Å². The van der Waals surface area contributed by atoms with Crippen LogP contribution in [0.15, 0.2) is 84.9 Å². The van der Waals surface area contributed by atoms with Gasteiger partial charge in [0, 0.05) is 11.9 Å². The number of nitrogens with zero attached hydrogens (tertiary/aromatic N) is 1. The van der Waals surface area contributed by atoms with Crippen LogP contribution in [0, 0.1) is 16.5 Å². The zero-order valence-electron chi connectivity index (χ0n) is 18.2. The van der Waals surface area contributed by atoms with Crippen molar-refractivity contribution in [2.24, 2.45) is 0 Å². The summed E-state index contributed by atoms with van der Waals surface area (Å²) in [6.07, 6.45) is 0.675. The highest BCUT2D eigenvalue weighted by Gasteiger charge is 2.50. The largest absolute Gasteiger partial charge is 0.407 e. The van der Waals surface area contributed by atoms with Crippen molar-refractivity contribution >= 4 is 30.5 Å². The Morgan fingerprint density at radius 1 is 0.903 bits per heavy atom. The quantitative estimate of drug-likeness (QED) is 0.310. The summed E-state index contributed by atoms with van der Waals surface area (Å²) in [4.78, 5) is 0. The first-order valence-electron chi connectivity index (χ1n) is 10.4. The maximum absolute atomic E-state index is 13.4. The number of thiocyanates is 1. The third-order valence-electron chi connectivity index (χ3n) is 5.55. The third-order valence-corrected chi connectivity index (χ3v) is 11.5. The van der Waals surface area contributed by atoms with Crippen LogP contribution in [0.3, 0.4) is 0 Å². The second-order valence-corrected chi connectivity index (χ2v) is 13.8. The van der Waals surface area contributed by atoms with Gasteiger partial charge in [-0.3, -0.25) is 0 Å². The van der Waals surface area contributed by atoms with Crippen molar-refractivity contribution in [1.29, 1.82) is 5.26 Å². The first-order valence-corrected chi connectivity index (χ1v) is 13.2. The summed E-state index contributed by atoms with van der Waals surface area (Å²) in [5, 5.41) is 13.8. The van der Waals surface area contributed by atoms with Gasteiger partial charge in [-0.25, -0.2) is 4.39 Å². The lowest BCUT2D eigenvalue weighted by atomic mass is 10.1. The van der Waals surface area contributed by atoms with Gasteiger partial charge in [-0.2, -0.15) is 5.26 Å². The Hall–Kier alpha value is -2.39. The van der Waals surface area contributed by atoms with Gasteiger partial charge in [0.2, 0.25) is 0 Å². The Bertz CT molecular complexity index is 958. The van der Waals surface area contributed by atoms with Gasteiger partial charge >= 0.3 is 0 Å². The third kappa shape index (κ3) is 5.27. The number of halogens is 1. The van der Waals surface area contributed by atoms with Gasteiger partial charge in [0.05, 0.1) is 0 Å². The molecule has 0 spiro atoms. The molecule has 0 aromatic heterocycles. The SMILES string of the molecule is CC(C)(C)[Si](OCCC(SC#N)c1ccc(F)cc1)(c1ccccc1)c1ccccc1. The molecular formula is C26H28FNOSSi. The molecule has 3 rings (SSSR count). The lowest BCUT2D eigenvalue weighted by Crippen LogP contribution is -2.66. The molecule has 0 bridgehead atoms. The van der Waals surface area contributed by atoms with Crippen LogP contribution in [0.1, 0.15) is 38.0 Å². The van der Waals surface area contributed by atoms with E-state index in [0.717, 1.165) is 5.56 Å². The average molecular weight is 450 g/mol. The first-order chi connectivity index (χ1) is 14.9. The fourth-order valence-electron chi connectivity index (χ4n) is 4.12. The fourth-order valence-corrected chi connectivity index (χ4v) is 9.33. The van der Waals surface area contributed by atoms with Crippen LogP contribution < -0.4 is 10.4 Å². The first kappa shape index (κ1) is 23.3. The Balaban J connectivity index is 1.94. The van der Waals surface area contributed by atoms with E-state index in [1.165, 1.54) is 34.3 Å². The van der Waals surface area contributed by atoms with Crippen molar-refractivity contribution in [3.8, 4) is 5.40 Å². The normalized spacial score (nSPS) is 12.9. The van der Waals surface area contributed by atoms with Crippen molar-refractivity contribution < 1.29 is 8.82 Å². The van der Waals surface area contributed by atoms with E-state index in [4.69, 9.17) is 4.43 Å². The molecule has 2 nitrogen and oxygen atoms in total. The van der Waals surface area contributed by atoms with Crippen LogP contribution >= 0.6 is 11.8 Å². The molecule has 1 atom stereocenters. The molecule has 0 heterocycles. The highest BCUT2D eigenvalue weighted by atomic mass is 32.2. The predicted octanol–water partition coefficient (Wildman–Crippen LogP) is 6.05. The summed E-state index contributed by atoms with van der Waals surface area (Å²) in [6, 6.07) is 27.4. The molecule has 0 aliphatic rings. The van der Waals surface area contributed by atoms with E-state index in [-0.39, 0.29) is 16.1 Å². The minimum atomic E-state index is -2.60. The second-order valence-electron chi connectivity index (χ2n) is 8.55.